The van der Waals surface area contributed by atoms with E-state index in [1.165, 1.54) is 58.4 Å². The summed E-state index contributed by atoms with van der Waals surface area (Å²) in [6, 6.07) is 23.0. The third-order valence-corrected chi connectivity index (χ3v) is 16.5. The van der Waals surface area contributed by atoms with Crippen LogP contribution in [-0.2, 0) is 16.1 Å². The van der Waals surface area contributed by atoms with Gasteiger partial charge in [0, 0.05) is 30.7 Å². The Hall–Kier alpha value is -5.22. The molecule has 1 amide bonds. The molecule has 0 bridgehead atoms. The summed E-state index contributed by atoms with van der Waals surface area (Å²) in [7, 11) is -1.81. The molecule has 7 rings (SSSR count). The molecular weight excluding hydrogens is 740 g/mol. The van der Waals surface area contributed by atoms with E-state index in [9.17, 15) is 23.6 Å². The summed E-state index contributed by atoms with van der Waals surface area (Å²) in [6.45, 7) is 6.17. The standard InChI is InChI=1S/C40H43FN6O6SSi/c1-26-35-36(49)46(28-23-34(48)42-24-28)39(50)45(38(35)54-37(26)47-43-19-20-44-47)25-33(31-22-27(41)16-17-32(31)52-4)53-21-11-18-40(2,3)55(51,29-12-7-5-8-13-29)30-14-9-6-10-15-30/h5-10,12-17,19-20,22,28,33,51H,11,18,21,23-25H2,1-4H3,(H,42,48)/t28?,33-/m0/s1. The smallest absolute Gasteiger partial charge is 0.332 e. The molecule has 3 aromatic carbocycles. The number of hydrogen-bond donors (Lipinski definition) is 2. The topological polar surface area (TPSA) is 142 Å². The van der Waals surface area contributed by atoms with E-state index in [4.69, 9.17) is 9.47 Å². The number of rotatable bonds is 14. The average molecular weight is 783 g/mol. The Morgan fingerprint density at radius 2 is 1.67 bits per heavy atom. The zero-order valence-electron chi connectivity index (χ0n) is 31.1. The Balaban J connectivity index is 1.26. The minimum atomic E-state index is -3.29. The second-order valence-corrected chi connectivity index (χ2v) is 19.3. The highest BCUT2D eigenvalue weighted by Crippen LogP contribution is 2.40. The highest BCUT2D eigenvalue weighted by Gasteiger charge is 2.49. The van der Waals surface area contributed by atoms with Crippen LogP contribution in [0.25, 0.3) is 15.2 Å². The predicted octanol–water partition coefficient (Wildman–Crippen LogP) is 4.39. The summed E-state index contributed by atoms with van der Waals surface area (Å²) in [5, 5.41) is 13.4. The number of fused-ring (bicyclic) bond motifs is 1. The fourth-order valence-electron chi connectivity index (χ4n) is 7.71. The number of hydrogen-bond acceptors (Lipinski definition) is 9. The van der Waals surface area contributed by atoms with Crippen LogP contribution < -0.4 is 31.7 Å². The molecule has 1 aliphatic rings. The molecule has 12 nitrogen and oxygen atoms in total. The van der Waals surface area contributed by atoms with E-state index in [0.29, 0.717) is 44.9 Å². The van der Waals surface area contributed by atoms with Crippen LogP contribution in [0.2, 0.25) is 5.04 Å². The van der Waals surface area contributed by atoms with Crippen LogP contribution in [0.5, 0.6) is 5.75 Å². The fraction of sp³-hybridized carbons (Fsp3) is 0.325. The maximum atomic E-state index is 15.0. The molecule has 2 N–H and O–H groups in total. The van der Waals surface area contributed by atoms with Crippen LogP contribution >= 0.6 is 11.3 Å². The van der Waals surface area contributed by atoms with E-state index in [0.717, 1.165) is 14.9 Å². The zero-order chi connectivity index (χ0) is 38.9. The van der Waals surface area contributed by atoms with Gasteiger partial charge in [-0.25, -0.2) is 9.18 Å². The second kappa shape index (κ2) is 15.5. The SMILES string of the molecule is COc1ccc(F)cc1[C@H](Cn1c(=O)n(C2CNC(=O)C2)c(=O)c2c(C)c(-n3nccn3)sc21)OCCCC(C)(C)[Si](O)(c1ccccc1)c1ccccc1. The van der Waals surface area contributed by atoms with Gasteiger partial charge >= 0.3 is 5.69 Å². The minimum absolute atomic E-state index is 0.0214. The lowest BCUT2D eigenvalue weighted by Gasteiger charge is -2.41. The van der Waals surface area contributed by atoms with Gasteiger partial charge in [-0.1, -0.05) is 85.8 Å². The van der Waals surface area contributed by atoms with Crippen molar-refractivity contribution in [3.05, 3.63) is 129 Å². The molecule has 1 unspecified atom stereocenters. The number of aryl methyl sites for hydroxylation is 1. The van der Waals surface area contributed by atoms with Gasteiger partial charge in [0.1, 0.15) is 27.5 Å². The lowest BCUT2D eigenvalue weighted by molar-refractivity contribution is -0.119. The minimum Gasteiger partial charge on any atom is -0.496 e. The van der Waals surface area contributed by atoms with Gasteiger partial charge in [0.05, 0.1) is 37.5 Å². The van der Waals surface area contributed by atoms with Gasteiger partial charge in [-0.05, 0) is 53.4 Å². The van der Waals surface area contributed by atoms with Crippen LogP contribution in [-0.4, -0.2) is 63.4 Å². The highest BCUT2D eigenvalue weighted by molar-refractivity contribution is 7.21. The van der Waals surface area contributed by atoms with E-state index >= 15 is 0 Å². The van der Waals surface area contributed by atoms with Gasteiger partial charge in [-0.2, -0.15) is 10.2 Å². The van der Waals surface area contributed by atoms with Crippen molar-refractivity contribution >= 4 is 46.2 Å². The summed E-state index contributed by atoms with van der Waals surface area (Å²) in [5.74, 6) is -0.396. The molecule has 1 aliphatic heterocycles. The number of amides is 1. The number of halogens is 1. The van der Waals surface area contributed by atoms with Gasteiger partial charge < -0.3 is 19.6 Å². The van der Waals surface area contributed by atoms with E-state index in [1.54, 1.807) is 6.92 Å². The number of carbonyl (C=O) groups excluding carboxylic acids is 1. The van der Waals surface area contributed by atoms with E-state index in [1.807, 2.05) is 60.7 Å². The average Bonchev–Trinajstić information content (AvgIpc) is 3.95. The van der Waals surface area contributed by atoms with Crippen molar-refractivity contribution in [2.75, 3.05) is 20.3 Å². The molecule has 4 heterocycles. The van der Waals surface area contributed by atoms with Crippen molar-refractivity contribution in [2.24, 2.45) is 0 Å². The number of carbonyl (C=O) groups is 1. The Labute approximate surface area is 321 Å². The number of ether oxygens (including phenoxy) is 2. The Bertz CT molecular complexity index is 2390. The molecule has 6 aromatic rings. The molecule has 1 fully saturated rings. The summed E-state index contributed by atoms with van der Waals surface area (Å²) in [4.78, 5) is 55.4. The molecule has 55 heavy (non-hydrogen) atoms. The molecule has 0 radical (unpaired) electrons. The number of thiophene rings is 1. The van der Waals surface area contributed by atoms with Gasteiger partial charge in [-0.15, -0.1) is 4.80 Å². The monoisotopic (exact) mass is 782 g/mol. The summed E-state index contributed by atoms with van der Waals surface area (Å²) < 4.78 is 29.9. The molecule has 0 spiro atoms. The van der Waals surface area contributed by atoms with E-state index in [-0.39, 0.29) is 32.0 Å². The quantitative estimate of drug-likeness (QED) is 0.123. The fourth-order valence-corrected chi connectivity index (χ4v) is 12.7. The van der Waals surface area contributed by atoms with E-state index in [2.05, 4.69) is 29.4 Å². The third kappa shape index (κ3) is 7.08. The number of nitrogens with zero attached hydrogens (tertiary/aromatic N) is 5. The van der Waals surface area contributed by atoms with Crippen molar-refractivity contribution < 1.29 is 23.5 Å². The first kappa shape index (κ1) is 38.1. The molecule has 2 atom stereocenters. The molecule has 0 aliphatic carbocycles. The van der Waals surface area contributed by atoms with Crippen molar-refractivity contribution in [1.29, 1.82) is 0 Å². The lowest BCUT2D eigenvalue weighted by atomic mass is 10.1. The first-order valence-corrected chi connectivity index (χ1v) is 20.9. The molecular formula is C40H43FN6O6SSi. The predicted molar refractivity (Wildman–Crippen MR) is 212 cm³/mol. The maximum Gasteiger partial charge on any atom is 0.332 e. The number of benzene rings is 3. The first-order chi connectivity index (χ1) is 26.4. The molecule has 0 saturated carbocycles. The summed E-state index contributed by atoms with van der Waals surface area (Å²) in [5.41, 5.74) is -0.162. The lowest BCUT2D eigenvalue weighted by Crippen LogP contribution is -2.65. The zero-order valence-corrected chi connectivity index (χ0v) is 32.9. The van der Waals surface area contributed by atoms with E-state index < -0.39 is 42.6 Å². The second-order valence-electron chi connectivity index (χ2n) is 14.4. The van der Waals surface area contributed by atoms with Crippen molar-refractivity contribution in [2.45, 2.75) is 63.8 Å². The van der Waals surface area contributed by atoms with Gasteiger partial charge in [0.15, 0.2) is 0 Å². The summed E-state index contributed by atoms with van der Waals surface area (Å²) >= 11 is 1.19. The third-order valence-electron chi connectivity index (χ3n) is 10.7. The largest absolute Gasteiger partial charge is 0.496 e. The normalized spacial score (nSPS) is 15.4. The number of nitrogens with one attached hydrogen (secondary N) is 1. The van der Waals surface area contributed by atoms with Crippen LogP contribution in [0.3, 0.4) is 0 Å². The number of methoxy groups -OCH3 is 1. The Kier molecular flexibility index (Phi) is 10.7. The molecule has 15 heteroatoms. The van der Waals surface area contributed by atoms with Crippen molar-refractivity contribution in [3.63, 3.8) is 0 Å². The molecule has 1 saturated heterocycles. The number of aromatic nitrogens is 5. The Morgan fingerprint density at radius 3 is 2.27 bits per heavy atom. The first-order valence-electron chi connectivity index (χ1n) is 18.1. The van der Waals surface area contributed by atoms with Gasteiger partial charge in [0.25, 0.3) is 13.9 Å². The summed E-state index contributed by atoms with van der Waals surface area (Å²) in [6.07, 6.45) is 3.24. The van der Waals surface area contributed by atoms with Crippen LogP contribution in [0.1, 0.15) is 56.4 Å². The van der Waals surface area contributed by atoms with Crippen molar-refractivity contribution in [1.82, 2.24) is 29.4 Å². The highest BCUT2D eigenvalue weighted by atomic mass is 32.1. The Morgan fingerprint density at radius 1 is 1.02 bits per heavy atom. The van der Waals surface area contributed by atoms with Crippen LogP contribution in [0.4, 0.5) is 4.39 Å². The van der Waals surface area contributed by atoms with Gasteiger partial charge in [0.2, 0.25) is 5.91 Å². The van der Waals surface area contributed by atoms with Crippen LogP contribution in [0.15, 0.2) is 101 Å². The van der Waals surface area contributed by atoms with Crippen LogP contribution in [0, 0.1) is 12.7 Å². The molecule has 3 aromatic heterocycles. The van der Waals surface area contributed by atoms with Gasteiger partial charge in [-0.3, -0.25) is 18.7 Å². The molecule has 286 valence electrons. The van der Waals surface area contributed by atoms with Crippen molar-refractivity contribution in [3.8, 4) is 10.8 Å². The maximum absolute atomic E-state index is 15.0.